The zero-order valence-electron chi connectivity index (χ0n) is 14.2. The van der Waals surface area contributed by atoms with Crippen molar-refractivity contribution in [2.75, 3.05) is 6.54 Å². The van der Waals surface area contributed by atoms with Crippen LogP contribution in [0.15, 0.2) is 24.3 Å². The van der Waals surface area contributed by atoms with Crippen molar-refractivity contribution in [1.29, 1.82) is 0 Å². The van der Waals surface area contributed by atoms with Gasteiger partial charge in [-0.25, -0.2) is 0 Å². The van der Waals surface area contributed by atoms with Gasteiger partial charge in [-0.05, 0) is 54.6 Å². The topological polar surface area (TPSA) is 69.6 Å². The normalized spacial score (nSPS) is 34.5. The first-order valence-electron chi connectivity index (χ1n) is 8.50. The zero-order chi connectivity index (χ0) is 16.9. The van der Waals surface area contributed by atoms with Gasteiger partial charge in [-0.15, -0.1) is 0 Å². The quantitative estimate of drug-likeness (QED) is 0.799. The Bertz CT molecular complexity index is 620. The van der Waals surface area contributed by atoms with Crippen LogP contribution in [-0.4, -0.2) is 28.3 Å². The van der Waals surface area contributed by atoms with E-state index in [-0.39, 0.29) is 28.1 Å². The Hall–Kier alpha value is -1.55. The minimum Gasteiger partial charge on any atom is -0.507 e. The summed E-state index contributed by atoms with van der Waals surface area (Å²) in [7, 11) is 0. The molecule has 1 aromatic rings. The van der Waals surface area contributed by atoms with Crippen LogP contribution in [0.25, 0.3) is 0 Å². The Labute approximate surface area is 137 Å². The largest absolute Gasteiger partial charge is 0.507 e. The molecule has 2 bridgehead atoms. The highest BCUT2D eigenvalue weighted by Crippen LogP contribution is 2.68. The van der Waals surface area contributed by atoms with Crippen molar-refractivity contribution in [3.8, 4) is 5.75 Å². The maximum absolute atomic E-state index is 12.2. The molecule has 1 amide bonds. The lowest BCUT2D eigenvalue weighted by Crippen LogP contribution is -2.55. The number of aromatic hydroxyl groups is 1. The molecular weight excluding hydrogens is 290 g/mol. The molecule has 2 aliphatic rings. The molecule has 2 fully saturated rings. The van der Waals surface area contributed by atoms with E-state index in [1.807, 2.05) is 0 Å². The highest BCUT2D eigenvalue weighted by molar-refractivity contribution is 5.96. The zero-order valence-corrected chi connectivity index (χ0v) is 14.2. The molecule has 0 aromatic heterocycles. The van der Waals surface area contributed by atoms with Gasteiger partial charge in [-0.1, -0.05) is 32.9 Å². The van der Waals surface area contributed by atoms with Crippen LogP contribution in [0.2, 0.25) is 0 Å². The highest BCUT2D eigenvalue weighted by Gasteiger charge is 2.67. The Kier molecular flexibility index (Phi) is 3.71. The summed E-state index contributed by atoms with van der Waals surface area (Å²) in [6.45, 7) is 6.92. The third-order valence-corrected chi connectivity index (χ3v) is 6.75. The van der Waals surface area contributed by atoms with E-state index in [1.165, 1.54) is 12.5 Å². The van der Waals surface area contributed by atoms with Gasteiger partial charge in [0.25, 0.3) is 5.91 Å². The average Bonchev–Trinajstić information content (AvgIpc) is 2.96. The lowest BCUT2D eigenvalue weighted by Gasteiger charge is -2.51. The van der Waals surface area contributed by atoms with E-state index in [1.54, 1.807) is 18.2 Å². The number of phenols is 1. The maximum atomic E-state index is 12.2. The van der Waals surface area contributed by atoms with Crippen LogP contribution in [0.5, 0.6) is 5.75 Å². The number of para-hydroxylation sites is 1. The lowest BCUT2D eigenvalue weighted by atomic mass is 9.59. The van der Waals surface area contributed by atoms with E-state index in [9.17, 15) is 15.0 Å². The number of hydrogen-bond donors (Lipinski definition) is 3. The molecule has 0 radical (unpaired) electrons. The second-order valence-corrected chi connectivity index (χ2v) is 8.11. The average molecular weight is 317 g/mol. The number of phenolic OH excluding ortho intramolecular Hbond substituents is 1. The van der Waals surface area contributed by atoms with Crippen molar-refractivity contribution in [1.82, 2.24) is 5.32 Å². The van der Waals surface area contributed by atoms with Gasteiger partial charge < -0.3 is 15.5 Å². The van der Waals surface area contributed by atoms with Gasteiger partial charge in [0.1, 0.15) is 5.75 Å². The molecule has 23 heavy (non-hydrogen) atoms. The third-order valence-electron chi connectivity index (χ3n) is 6.75. The summed E-state index contributed by atoms with van der Waals surface area (Å²) in [5, 5.41) is 24.0. The predicted molar refractivity (Wildman–Crippen MR) is 89.2 cm³/mol. The fourth-order valence-electron chi connectivity index (χ4n) is 5.09. The number of carbonyl (C=O) groups is 1. The Balaban J connectivity index is 1.67. The molecule has 0 aliphatic heterocycles. The number of benzene rings is 1. The van der Waals surface area contributed by atoms with Crippen LogP contribution >= 0.6 is 0 Å². The number of aliphatic hydroxyl groups is 1. The molecule has 1 aromatic carbocycles. The molecule has 3 rings (SSSR count). The van der Waals surface area contributed by atoms with Gasteiger partial charge in [0, 0.05) is 6.54 Å². The SMILES string of the molecule is CC1(C)[C@H]2CC[C@](C)(C2)[C@]1(O)CCNC(=O)c1ccccc1O. The molecule has 2 saturated carbocycles. The van der Waals surface area contributed by atoms with Crippen LogP contribution in [0.1, 0.15) is 56.8 Å². The van der Waals surface area contributed by atoms with E-state index in [0.717, 1.165) is 12.8 Å². The molecule has 0 saturated heterocycles. The van der Waals surface area contributed by atoms with Crippen molar-refractivity contribution >= 4 is 5.91 Å². The molecule has 4 heteroatoms. The molecule has 4 nitrogen and oxygen atoms in total. The number of carbonyl (C=O) groups excluding carboxylic acids is 1. The molecule has 3 atom stereocenters. The summed E-state index contributed by atoms with van der Waals surface area (Å²) in [6, 6.07) is 6.51. The number of hydrogen-bond acceptors (Lipinski definition) is 3. The first-order chi connectivity index (χ1) is 10.7. The molecule has 3 N–H and O–H groups in total. The summed E-state index contributed by atoms with van der Waals surface area (Å²) >= 11 is 0. The van der Waals surface area contributed by atoms with E-state index in [2.05, 4.69) is 26.1 Å². The summed E-state index contributed by atoms with van der Waals surface area (Å²) in [5.41, 5.74) is -0.659. The summed E-state index contributed by atoms with van der Waals surface area (Å²) in [4.78, 5) is 12.2. The van der Waals surface area contributed by atoms with Crippen LogP contribution < -0.4 is 5.32 Å². The molecule has 2 aliphatic carbocycles. The van der Waals surface area contributed by atoms with E-state index in [0.29, 0.717) is 18.9 Å². The van der Waals surface area contributed by atoms with Crippen molar-refractivity contribution in [2.45, 2.75) is 52.1 Å². The first-order valence-corrected chi connectivity index (χ1v) is 8.50. The highest BCUT2D eigenvalue weighted by atomic mass is 16.3. The van der Waals surface area contributed by atoms with Crippen LogP contribution in [0, 0.1) is 16.7 Å². The van der Waals surface area contributed by atoms with Crippen molar-refractivity contribution in [3.63, 3.8) is 0 Å². The van der Waals surface area contributed by atoms with E-state index < -0.39 is 5.60 Å². The molecule has 0 unspecified atom stereocenters. The van der Waals surface area contributed by atoms with Gasteiger partial charge in [-0.2, -0.15) is 0 Å². The molecule has 0 heterocycles. The van der Waals surface area contributed by atoms with Gasteiger partial charge >= 0.3 is 0 Å². The number of rotatable bonds is 4. The Morgan fingerprint density at radius 1 is 1.30 bits per heavy atom. The van der Waals surface area contributed by atoms with E-state index >= 15 is 0 Å². The second kappa shape index (κ2) is 5.23. The standard InChI is InChI=1S/C19H27NO3/c1-17(2)13-8-9-18(3,12-13)19(17,23)10-11-20-16(22)14-6-4-5-7-15(14)21/h4-7,13,21,23H,8-12H2,1-3H3,(H,20,22)/t13-,18+,19-/m0/s1. The van der Waals surface area contributed by atoms with Crippen molar-refractivity contribution in [2.24, 2.45) is 16.7 Å². The fourth-order valence-corrected chi connectivity index (χ4v) is 5.09. The predicted octanol–water partition coefficient (Wildman–Crippen LogP) is 3.09. The van der Waals surface area contributed by atoms with E-state index in [4.69, 9.17) is 0 Å². The van der Waals surface area contributed by atoms with Crippen molar-refractivity contribution < 1.29 is 15.0 Å². The minimum atomic E-state index is -0.755. The van der Waals surface area contributed by atoms with Gasteiger partial charge in [0.2, 0.25) is 0 Å². The van der Waals surface area contributed by atoms with Crippen LogP contribution in [0.3, 0.4) is 0 Å². The lowest BCUT2D eigenvalue weighted by molar-refractivity contribution is -0.146. The number of fused-ring (bicyclic) bond motifs is 2. The van der Waals surface area contributed by atoms with Crippen LogP contribution in [-0.2, 0) is 0 Å². The maximum Gasteiger partial charge on any atom is 0.255 e. The second-order valence-electron chi connectivity index (χ2n) is 8.11. The summed E-state index contributed by atoms with van der Waals surface area (Å²) in [5.74, 6) is 0.250. The molecular formula is C19H27NO3. The van der Waals surface area contributed by atoms with Gasteiger partial charge in [0.05, 0.1) is 11.2 Å². The number of amides is 1. The van der Waals surface area contributed by atoms with Gasteiger partial charge in [0.15, 0.2) is 0 Å². The van der Waals surface area contributed by atoms with Crippen LogP contribution in [0.4, 0.5) is 0 Å². The summed E-state index contributed by atoms with van der Waals surface area (Å²) < 4.78 is 0. The summed E-state index contributed by atoms with van der Waals surface area (Å²) in [6.07, 6.45) is 3.87. The number of nitrogens with one attached hydrogen (secondary N) is 1. The molecule has 0 spiro atoms. The minimum absolute atomic E-state index is 0.0177. The fraction of sp³-hybridized carbons (Fsp3) is 0.632. The van der Waals surface area contributed by atoms with Gasteiger partial charge in [-0.3, -0.25) is 4.79 Å². The first kappa shape index (κ1) is 16.3. The Morgan fingerprint density at radius 3 is 2.61 bits per heavy atom. The third kappa shape index (κ3) is 2.26. The molecule has 126 valence electrons. The van der Waals surface area contributed by atoms with Crippen molar-refractivity contribution in [3.05, 3.63) is 29.8 Å². The monoisotopic (exact) mass is 317 g/mol. The smallest absolute Gasteiger partial charge is 0.255 e. The Morgan fingerprint density at radius 2 is 2.00 bits per heavy atom.